The summed E-state index contributed by atoms with van der Waals surface area (Å²) in [5.74, 6) is -1.22. The van der Waals surface area contributed by atoms with Crippen molar-refractivity contribution in [2.75, 3.05) is 32.1 Å². The van der Waals surface area contributed by atoms with Crippen molar-refractivity contribution in [2.24, 2.45) is 5.92 Å². The molecule has 1 aromatic carbocycles. The highest BCUT2D eigenvalue weighted by molar-refractivity contribution is 7.91. The van der Waals surface area contributed by atoms with E-state index in [1.165, 1.54) is 40.5 Å². The summed E-state index contributed by atoms with van der Waals surface area (Å²) in [6.45, 7) is 3.36. The number of aliphatic hydroxyl groups excluding tert-OH is 1. The van der Waals surface area contributed by atoms with E-state index in [0.29, 0.717) is 5.56 Å². The van der Waals surface area contributed by atoms with E-state index in [4.69, 9.17) is 4.74 Å². The summed E-state index contributed by atoms with van der Waals surface area (Å²) in [6.07, 6.45) is -7.34. The number of carbonyl (C=O) groups is 2. The number of nitrogens with one attached hydrogen (secondary N) is 1. The maximum atomic E-state index is 13.3. The van der Waals surface area contributed by atoms with Crippen molar-refractivity contribution in [3.8, 4) is 5.75 Å². The Morgan fingerprint density at radius 2 is 2.05 bits per heavy atom. The first-order chi connectivity index (χ1) is 18.2. The van der Waals surface area contributed by atoms with Crippen molar-refractivity contribution in [1.82, 2.24) is 9.21 Å². The van der Waals surface area contributed by atoms with Gasteiger partial charge in [0.25, 0.3) is 10.0 Å². The van der Waals surface area contributed by atoms with E-state index in [0.717, 1.165) is 11.3 Å². The number of likely N-dealkylation sites (N-methyl/N-ethyl adjacent to an activating group) is 1. The fraction of sp³-hybridized carbons (Fsp3) is 0.520. The number of halogens is 3. The number of sulfonamides is 1. The number of anilines is 1. The summed E-state index contributed by atoms with van der Waals surface area (Å²) in [6, 6.07) is 7.03. The third-order valence-corrected chi connectivity index (χ3v) is 9.63. The molecule has 2 amide bonds. The van der Waals surface area contributed by atoms with Gasteiger partial charge in [-0.05, 0) is 36.6 Å². The fourth-order valence-corrected chi connectivity index (χ4v) is 6.50. The van der Waals surface area contributed by atoms with E-state index in [9.17, 15) is 36.3 Å². The van der Waals surface area contributed by atoms with Gasteiger partial charge in [0.05, 0.1) is 32.0 Å². The first-order valence-corrected chi connectivity index (χ1v) is 14.6. The molecule has 0 radical (unpaired) electrons. The number of nitrogens with zero attached hydrogens (tertiary/aromatic N) is 2. The van der Waals surface area contributed by atoms with Gasteiger partial charge < -0.3 is 20.1 Å². The van der Waals surface area contributed by atoms with Gasteiger partial charge >= 0.3 is 6.18 Å². The summed E-state index contributed by atoms with van der Waals surface area (Å²) in [5.41, 5.74) is 0.562. The van der Waals surface area contributed by atoms with E-state index >= 15 is 0 Å². The summed E-state index contributed by atoms with van der Waals surface area (Å²) in [7, 11) is -2.34. The Hall–Kier alpha value is -2.68. The lowest BCUT2D eigenvalue weighted by atomic mass is 10.0. The molecule has 0 unspecified atom stereocenters. The molecule has 1 aliphatic heterocycles. The minimum atomic E-state index is -4.47. The first kappa shape index (κ1) is 30.9. The van der Waals surface area contributed by atoms with E-state index in [1.54, 1.807) is 18.4 Å². The topological polar surface area (TPSA) is 116 Å². The number of rotatable bonds is 9. The van der Waals surface area contributed by atoms with E-state index in [-0.39, 0.29) is 53.6 Å². The summed E-state index contributed by atoms with van der Waals surface area (Å²) >= 11 is 1.09. The Balaban J connectivity index is 1.91. The number of thiophene rings is 1. The molecule has 2 N–H and O–H groups in total. The zero-order valence-electron chi connectivity index (χ0n) is 21.8. The van der Waals surface area contributed by atoms with E-state index in [1.807, 2.05) is 6.92 Å². The molecule has 39 heavy (non-hydrogen) atoms. The lowest BCUT2D eigenvalue weighted by Crippen LogP contribution is -2.48. The SMILES string of the molecule is C[C@H](CO)N1C[C@H](C)[C@@H](CN(C)S(=O)(=O)c2cccs2)Oc2ccc(NC(=O)CCC(F)(F)F)cc2CC1=O. The predicted molar refractivity (Wildman–Crippen MR) is 140 cm³/mol. The van der Waals surface area contributed by atoms with Crippen LogP contribution in [0.4, 0.5) is 18.9 Å². The molecular weight excluding hydrogens is 559 g/mol. The maximum absolute atomic E-state index is 13.3. The molecule has 2 aromatic rings. The van der Waals surface area contributed by atoms with E-state index < -0.39 is 47.1 Å². The third kappa shape index (κ3) is 8.16. The van der Waals surface area contributed by atoms with Gasteiger partial charge in [0.15, 0.2) is 0 Å². The normalized spacial score (nSPS) is 19.5. The molecule has 9 nitrogen and oxygen atoms in total. The number of carbonyl (C=O) groups excluding carboxylic acids is 2. The zero-order chi connectivity index (χ0) is 29.0. The van der Waals surface area contributed by atoms with Crippen LogP contribution in [0.3, 0.4) is 0 Å². The van der Waals surface area contributed by atoms with Crippen LogP contribution in [0.5, 0.6) is 5.75 Å². The van der Waals surface area contributed by atoms with Gasteiger partial charge in [-0.2, -0.15) is 17.5 Å². The van der Waals surface area contributed by atoms with Gasteiger partial charge in [0.2, 0.25) is 11.8 Å². The number of hydrogen-bond donors (Lipinski definition) is 2. The van der Waals surface area contributed by atoms with Crippen molar-refractivity contribution < 1.29 is 41.0 Å². The molecule has 0 fully saturated rings. The molecule has 1 aromatic heterocycles. The molecule has 0 spiro atoms. The number of amides is 2. The average molecular weight is 592 g/mol. The highest BCUT2D eigenvalue weighted by Gasteiger charge is 2.34. The lowest BCUT2D eigenvalue weighted by molar-refractivity contribution is -0.142. The summed E-state index contributed by atoms with van der Waals surface area (Å²) in [5, 5.41) is 13.8. The molecule has 0 saturated carbocycles. The molecule has 0 aliphatic carbocycles. The van der Waals surface area contributed by atoms with Crippen LogP contribution in [0.1, 0.15) is 32.3 Å². The molecule has 14 heteroatoms. The second kappa shape index (κ2) is 12.7. The molecule has 1 aliphatic rings. The largest absolute Gasteiger partial charge is 0.488 e. The van der Waals surface area contributed by atoms with Crippen LogP contribution in [0, 0.1) is 5.92 Å². The number of hydrogen-bond acceptors (Lipinski definition) is 7. The number of ether oxygens (including phenoxy) is 1. The van der Waals surface area contributed by atoms with Crippen LogP contribution < -0.4 is 10.1 Å². The Morgan fingerprint density at radius 1 is 1.33 bits per heavy atom. The Bertz CT molecular complexity index is 1250. The van der Waals surface area contributed by atoms with Crippen molar-refractivity contribution in [1.29, 1.82) is 0 Å². The summed E-state index contributed by atoms with van der Waals surface area (Å²) < 4.78 is 71.2. The minimum Gasteiger partial charge on any atom is -0.488 e. The lowest BCUT2D eigenvalue weighted by Gasteiger charge is -2.33. The van der Waals surface area contributed by atoms with Crippen LogP contribution >= 0.6 is 11.3 Å². The number of alkyl halides is 3. The zero-order valence-corrected chi connectivity index (χ0v) is 23.4. The Labute approximate surface area is 229 Å². The molecule has 0 bridgehead atoms. The molecular formula is C25H32F3N3O6S2. The van der Waals surface area contributed by atoms with Crippen molar-refractivity contribution in [3.05, 3.63) is 41.3 Å². The molecule has 216 valence electrons. The van der Waals surface area contributed by atoms with E-state index in [2.05, 4.69) is 5.32 Å². The third-order valence-electron chi connectivity index (χ3n) is 6.43. The Morgan fingerprint density at radius 3 is 2.67 bits per heavy atom. The second-order valence-electron chi connectivity index (χ2n) is 9.59. The number of aliphatic hydroxyl groups is 1. The smallest absolute Gasteiger partial charge is 0.389 e. The van der Waals surface area contributed by atoms with Gasteiger partial charge in [0.1, 0.15) is 16.1 Å². The number of benzene rings is 1. The van der Waals surface area contributed by atoms with Crippen LogP contribution in [0.25, 0.3) is 0 Å². The van der Waals surface area contributed by atoms with Crippen LogP contribution in [0.2, 0.25) is 0 Å². The average Bonchev–Trinajstić information content (AvgIpc) is 3.42. The standard InChI is InChI=1S/C25H32F3N3O6S2/c1-16-13-31(17(2)15-32)23(34)12-18-11-19(29-22(33)8-9-25(26,27)28)6-7-20(18)37-21(16)14-30(3)39(35,36)24-5-4-10-38-24/h4-7,10-11,16-17,21,32H,8-9,12-15H2,1-3H3,(H,29,33)/t16-,17+,21+/m0/s1. The minimum absolute atomic E-state index is 0.0354. The first-order valence-electron chi connectivity index (χ1n) is 12.3. The van der Waals surface area contributed by atoms with Gasteiger partial charge in [-0.3, -0.25) is 9.59 Å². The van der Waals surface area contributed by atoms with Gasteiger partial charge in [0, 0.05) is 37.2 Å². The highest BCUT2D eigenvalue weighted by Crippen LogP contribution is 2.30. The van der Waals surface area contributed by atoms with Crippen LogP contribution in [0.15, 0.2) is 39.9 Å². The van der Waals surface area contributed by atoms with Crippen molar-refractivity contribution in [3.63, 3.8) is 0 Å². The molecule has 3 atom stereocenters. The molecule has 2 heterocycles. The number of fused-ring (bicyclic) bond motifs is 1. The van der Waals surface area contributed by atoms with Gasteiger partial charge in [-0.1, -0.05) is 13.0 Å². The predicted octanol–water partition coefficient (Wildman–Crippen LogP) is 3.50. The maximum Gasteiger partial charge on any atom is 0.389 e. The van der Waals surface area contributed by atoms with Crippen LogP contribution in [-0.2, 0) is 26.0 Å². The molecule has 3 rings (SSSR count). The monoisotopic (exact) mass is 591 g/mol. The van der Waals surface area contributed by atoms with Crippen molar-refractivity contribution >= 4 is 38.9 Å². The Kier molecular flexibility index (Phi) is 10.0. The van der Waals surface area contributed by atoms with Crippen LogP contribution in [-0.4, -0.2) is 79.6 Å². The fourth-order valence-electron chi connectivity index (χ4n) is 4.12. The second-order valence-corrected chi connectivity index (χ2v) is 12.8. The highest BCUT2D eigenvalue weighted by atomic mass is 32.2. The van der Waals surface area contributed by atoms with Crippen molar-refractivity contribution in [2.45, 2.75) is 55.6 Å². The summed E-state index contributed by atoms with van der Waals surface area (Å²) in [4.78, 5) is 26.8. The molecule has 0 saturated heterocycles. The van der Waals surface area contributed by atoms with Gasteiger partial charge in [-0.25, -0.2) is 8.42 Å². The quantitative estimate of drug-likeness (QED) is 0.461. The van der Waals surface area contributed by atoms with Gasteiger partial charge in [-0.15, -0.1) is 11.3 Å².